The second-order valence-corrected chi connectivity index (χ2v) is 18.2. The predicted octanol–water partition coefficient (Wildman–Crippen LogP) is 6.16. The summed E-state index contributed by atoms with van der Waals surface area (Å²) in [4.78, 5) is 0. The van der Waals surface area contributed by atoms with Gasteiger partial charge in [-0.3, -0.25) is 0 Å². The van der Waals surface area contributed by atoms with Gasteiger partial charge < -0.3 is 0 Å². The zero-order valence-corrected chi connectivity index (χ0v) is 14.5. The predicted molar refractivity (Wildman–Crippen MR) is 92.8 cm³/mol. The molecule has 0 amide bonds. The molecule has 110 valence electrons. The Hall–Kier alpha value is -1.20. The first-order chi connectivity index (χ1) is 10.4. The first kappa shape index (κ1) is 14.4. The molecule has 1 aliphatic heterocycles. The molecule has 0 nitrogen and oxygen atoms in total. The van der Waals surface area contributed by atoms with Crippen LogP contribution in [0.1, 0.15) is 36.9 Å². The van der Waals surface area contributed by atoms with Gasteiger partial charge in [0.25, 0.3) is 0 Å². The van der Waals surface area contributed by atoms with E-state index in [9.17, 15) is 0 Å². The van der Waals surface area contributed by atoms with Gasteiger partial charge in [-0.25, -0.2) is 0 Å². The van der Waals surface area contributed by atoms with E-state index < -0.39 is 20.3 Å². The summed E-state index contributed by atoms with van der Waals surface area (Å²) in [7, 11) is 0. The standard InChI is InChI=1S/2C9H7.C2H4.CH4.Zr/c2*1-2-5-9-7-3-6-8(9)4-1;1-2;;/h2*1-7H;1-2H2;1H4;. The van der Waals surface area contributed by atoms with Crippen LogP contribution in [0.3, 0.4) is 0 Å². The molecule has 1 heterocycles. The number of rotatable bonds is 2. The summed E-state index contributed by atoms with van der Waals surface area (Å²) in [6, 6.07) is 18.1. The number of hydrogen-bond acceptors (Lipinski definition) is 0. The monoisotopic (exact) mass is 364 g/mol. The van der Waals surface area contributed by atoms with Gasteiger partial charge in [-0.2, -0.15) is 0 Å². The van der Waals surface area contributed by atoms with E-state index in [1.54, 1.807) is 19.4 Å². The molecule has 1 fully saturated rings. The van der Waals surface area contributed by atoms with Crippen molar-refractivity contribution in [2.24, 2.45) is 0 Å². The molecular weight excluding hydrogens is 343 g/mol. The van der Waals surface area contributed by atoms with Gasteiger partial charge in [0, 0.05) is 0 Å². The van der Waals surface area contributed by atoms with Crippen molar-refractivity contribution in [2.75, 3.05) is 0 Å². The number of fused-ring (bicyclic) bond motifs is 2. The van der Waals surface area contributed by atoms with Gasteiger partial charge in [0.05, 0.1) is 0 Å². The van der Waals surface area contributed by atoms with Crippen LogP contribution in [0.25, 0.3) is 12.2 Å². The van der Waals surface area contributed by atoms with Gasteiger partial charge in [0.15, 0.2) is 0 Å². The molecule has 2 unspecified atom stereocenters. The third-order valence-corrected chi connectivity index (χ3v) is 18.3. The van der Waals surface area contributed by atoms with Crippen molar-refractivity contribution in [3.05, 3.63) is 82.9 Å². The van der Waals surface area contributed by atoms with Gasteiger partial charge in [0.2, 0.25) is 0 Å². The molecule has 0 N–H and O–H groups in total. The van der Waals surface area contributed by atoms with E-state index in [0.717, 1.165) is 7.25 Å². The fraction of sp³-hybridized carbons (Fsp3) is 0.238. The Morgan fingerprint density at radius 2 is 1.14 bits per heavy atom. The Kier molecular flexibility index (Phi) is 3.38. The van der Waals surface area contributed by atoms with E-state index in [2.05, 4.69) is 72.8 Å². The van der Waals surface area contributed by atoms with Crippen molar-refractivity contribution in [2.45, 2.75) is 22.9 Å². The zero-order valence-electron chi connectivity index (χ0n) is 12.0. The second-order valence-electron chi connectivity index (χ2n) is 6.66. The van der Waals surface area contributed by atoms with Gasteiger partial charge in [-0.15, -0.1) is 0 Å². The van der Waals surface area contributed by atoms with Crippen LogP contribution in [-0.4, -0.2) is 0 Å². The van der Waals surface area contributed by atoms with E-state index in [1.165, 1.54) is 11.1 Å². The normalized spacial score (nSPS) is 25.5. The molecule has 0 aromatic heterocycles. The van der Waals surface area contributed by atoms with E-state index in [0.29, 0.717) is 0 Å². The van der Waals surface area contributed by atoms with Gasteiger partial charge in [-0.05, 0) is 0 Å². The quantitative estimate of drug-likeness (QED) is 0.597. The van der Waals surface area contributed by atoms with Crippen molar-refractivity contribution in [3.63, 3.8) is 0 Å². The topological polar surface area (TPSA) is 0 Å². The van der Waals surface area contributed by atoms with Gasteiger partial charge in [-0.1, -0.05) is 7.43 Å². The fourth-order valence-corrected chi connectivity index (χ4v) is 20.1. The first-order valence-electron chi connectivity index (χ1n) is 7.93. The van der Waals surface area contributed by atoms with E-state index in [1.807, 2.05) is 0 Å². The van der Waals surface area contributed by atoms with Crippen LogP contribution in [0.4, 0.5) is 0 Å². The Bertz CT molecular complexity index is 716. The van der Waals surface area contributed by atoms with Crippen molar-refractivity contribution in [3.8, 4) is 0 Å². The van der Waals surface area contributed by atoms with Crippen LogP contribution in [-0.2, 0) is 20.3 Å². The van der Waals surface area contributed by atoms with Crippen molar-refractivity contribution in [1.29, 1.82) is 0 Å². The molecule has 2 atom stereocenters. The zero-order chi connectivity index (χ0) is 13.9. The number of benzene rings is 2. The second kappa shape index (κ2) is 5.17. The molecule has 2 aromatic rings. The molecule has 0 spiro atoms. The van der Waals surface area contributed by atoms with Crippen LogP contribution in [0.15, 0.2) is 60.7 Å². The fourth-order valence-electron chi connectivity index (χ4n) is 4.46. The van der Waals surface area contributed by atoms with E-state index in [4.69, 9.17) is 0 Å². The van der Waals surface area contributed by atoms with Gasteiger partial charge >= 0.3 is 131 Å². The molecule has 2 aromatic carbocycles. The molecule has 2 aliphatic carbocycles. The first-order valence-corrected chi connectivity index (χ1v) is 14.2. The number of hydrogen-bond donors (Lipinski definition) is 0. The summed E-state index contributed by atoms with van der Waals surface area (Å²) >= 11 is -2.13. The molecule has 3 aliphatic rings. The maximum absolute atomic E-state index is 2.54. The van der Waals surface area contributed by atoms with Crippen LogP contribution in [0.5, 0.6) is 0 Å². The van der Waals surface area contributed by atoms with Gasteiger partial charge in [0.1, 0.15) is 0 Å². The molecule has 5 rings (SSSR count). The van der Waals surface area contributed by atoms with E-state index >= 15 is 0 Å². The SMILES string of the molecule is C.C1=C[CH]([Zr]2([CH]3C=Cc4ccccc43)[CH2][CH2]2)c2ccccc21. The Morgan fingerprint density at radius 1 is 0.682 bits per heavy atom. The van der Waals surface area contributed by atoms with Crippen LogP contribution in [0, 0.1) is 0 Å². The minimum absolute atomic E-state index is 0. The van der Waals surface area contributed by atoms with Crippen LogP contribution < -0.4 is 0 Å². The summed E-state index contributed by atoms with van der Waals surface area (Å²) in [5.74, 6) is 0. The van der Waals surface area contributed by atoms with Crippen LogP contribution >= 0.6 is 0 Å². The number of allylic oxidation sites excluding steroid dienone is 2. The Morgan fingerprint density at radius 3 is 1.59 bits per heavy atom. The Labute approximate surface area is 138 Å². The van der Waals surface area contributed by atoms with Crippen molar-refractivity contribution >= 4 is 12.2 Å². The average Bonchev–Trinajstić information content (AvgIpc) is 3.03. The molecule has 0 bridgehead atoms. The van der Waals surface area contributed by atoms with Crippen molar-refractivity contribution in [1.82, 2.24) is 0 Å². The third-order valence-electron chi connectivity index (χ3n) is 5.66. The minimum atomic E-state index is -2.13. The maximum atomic E-state index is 2.54. The summed E-state index contributed by atoms with van der Waals surface area (Å²) in [6.07, 6.45) is 9.84. The molecule has 0 saturated carbocycles. The third kappa shape index (κ3) is 1.91. The molecule has 0 radical (unpaired) electrons. The molecular formula is C21H22Zr. The molecule has 1 heteroatoms. The summed E-state index contributed by atoms with van der Waals surface area (Å²) in [5, 5.41) is 0. The average molecular weight is 366 g/mol. The summed E-state index contributed by atoms with van der Waals surface area (Å²) < 4.78 is 4.72. The van der Waals surface area contributed by atoms with Crippen LogP contribution in [0.2, 0.25) is 8.26 Å². The molecule has 1 saturated heterocycles. The Balaban J connectivity index is 0.00000125. The molecule has 22 heavy (non-hydrogen) atoms. The van der Waals surface area contributed by atoms with E-state index in [-0.39, 0.29) is 7.43 Å². The van der Waals surface area contributed by atoms with Crippen molar-refractivity contribution < 1.29 is 20.3 Å². The summed E-state index contributed by atoms with van der Waals surface area (Å²) in [6.45, 7) is 0. The summed E-state index contributed by atoms with van der Waals surface area (Å²) in [5.41, 5.74) is 6.20.